The van der Waals surface area contributed by atoms with Crippen LogP contribution in [-0.2, 0) is 12.6 Å². The number of aryl methyl sites for hydroxylation is 1. The highest BCUT2D eigenvalue weighted by molar-refractivity contribution is 5.72. The van der Waals surface area contributed by atoms with Gasteiger partial charge in [0.2, 0.25) is 0 Å². The highest BCUT2D eigenvalue weighted by Gasteiger charge is 2.36. The summed E-state index contributed by atoms with van der Waals surface area (Å²) in [5, 5.41) is 30.3. The van der Waals surface area contributed by atoms with Gasteiger partial charge >= 0.3 is 6.36 Å². The van der Waals surface area contributed by atoms with Gasteiger partial charge in [0.1, 0.15) is 18.1 Å². The van der Waals surface area contributed by atoms with Crippen molar-refractivity contribution in [3.8, 4) is 34.8 Å². The largest absolute Gasteiger partial charge is 0.573 e. The van der Waals surface area contributed by atoms with E-state index in [0.29, 0.717) is 33.5 Å². The minimum Gasteiger partial charge on any atom is -0.489 e. The van der Waals surface area contributed by atoms with E-state index in [4.69, 9.17) is 10.00 Å². The number of alkyl halides is 3. The lowest BCUT2D eigenvalue weighted by atomic mass is 9.90. The van der Waals surface area contributed by atoms with Crippen LogP contribution in [0.25, 0.3) is 11.1 Å². The van der Waals surface area contributed by atoms with Crippen LogP contribution in [0.2, 0.25) is 0 Å². The number of halogens is 3. The molecule has 4 rings (SSSR count). The first-order valence-electron chi connectivity index (χ1n) is 10.9. The second-order valence-corrected chi connectivity index (χ2v) is 8.12. The van der Waals surface area contributed by atoms with E-state index in [2.05, 4.69) is 9.72 Å². The number of nitriles is 2. The molecule has 3 aromatic carbocycles. The van der Waals surface area contributed by atoms with E-state index in [0.717, 1.165) is 12.1 Å². The van der Waals surface area contributed by atoms with Crippen LogP contribution < -0.4 is 9.47 Å². The molecule has 0 radical (unpaired) electrons. The van der Waals surface area contributed by atoms with Crippen molar-refractivity contribution in [1.29, 1.82) is 10.5 Å². The smallest absolute Gasteiger partial charge is 0.489 e. The second-order valence-electron chi connectivity index (χ2n) is 8.12. The minimum absolute atomic E-state index is 0.271. The zero-order valence-corrected chi connectivity index (χ0v) is 19.4. The average molecular weight is 504 g/mol. The lowest BCUT2D eigenvalue weighted by molar-refractivity contribution is -0.274. The first-order valence-corrected chi connectivity index (χ1v) is 10.9. The Bertz CT molecular complexity index is 1480. The maximum atomic E-state index is 12.5. The molecule has 0 amide bonds. The van der Waals surface area contributed by atoms with Gasteiger partial charge in [-0.3, -0.25) is 0 Å². The molecule has 1 N–H and O–H groups in total. The molecule has 0 unspecified atom stereocenters. The van der Waals surface area contributed by atoms with Gasteiger partial charge in [0.05, 0.1) is 41.5 Å². The summed E-state index contributed by atoms with van der Waals surface area (Å²) in [6.07, 6.45) is -1.79. The summed E-state index contributed by atoms with van der Waals surface area (Å²) in [5.74, 6) is -0.0979. The number of nitrogens with zero attached hydrogens (tertiary/aromatic N) is 4. The fraction of sp³-hybridized carbons (Fsp3) is 0.148. The molecule has 10 heteroatoms. The number of aliphatic hydroxyl groups is 1. The number of ether oxygens (including phenoxy) is 2. The van der Waals surface area contributed by atoms with Crippen LogP contribution in [0.15, 0.2) is 79.3 Å². The van der Waals surface area contributed by atoms with Crippen LogP contribution in [0.4, 0.5) is 13.2 Å². The maximum absolute atomic E-state index is 12.5. The molecule has 0 bridgehead atoms. The third-order valence-corrected chi connectivity index (χ3v) is 5.68. The molecular weight excluding hydrogens is 485 g/mol. The minimum atomic E-state index is -4.82. The van der Waals surface area contributed by atoms with Crippen molar-refractivity contribution in [2.75, 3.05) is 6.61 Å². The Morgan fingerprint density at radius 3 is 2.16 bits per heavy atom. The number of hydrogen-bond donors (Lipinski definition) is 1. The van der Waals surface area contributed by atoms with Gasteiger partial charge in [-0.1, -0.05) is 24.3 Å². The van der Waals surface area contributed by atoms with Crippen molar-refractivity contribution in [2.45, 2.75) is 12.0 Å². The van der Waals surface area contributed by atoms with Crippen LogP contribution in [0.3, 0.4) is 0 Å². The molecule has 7 nitrogen and oxygen atoms in total. The van der Waals surface area contributed by atoms with E-state index in [9.17, 15) is 23.5 Å². The van der Waals surface area contributed by atoms with Crippen molar-refractivity contribution in [2.24, 2.45) is 7.05 Å². The van der Waals surface area contributed by atoms with Crippen molar-refractivity contribution in [3.63, 3.8) is 0 Å². The molecule has 0 saturated carbocycles. The van der Waals surface area contributed by atoms with Crippen LogP contribution in [-0.4, -0.2) is 27.6 Å². The normalized spacial score (nSPS) is 12.7. The van der Waals surface area contributed by atoms with Crippen molar-refractivity contribution in [3.05, 3.63) is 102 Å². The fourth-order valence-electron chi connectivity index (χ4n) is 3.85. The Labute approximate surface area is 210 Å². The van der Waals surface area contributed by atoms with Gasteiger partial charge in [0.25, 0.3) is 0 Å². The quantitative estimate of drug-likeness (QED) is 0.378. The Kier molecular flexibility index (Phi) is 6.87. The molecule has 37 heavy (non-hydrogen) atoms. The number of aromatic nitrogens is 2. The highest BCUT2D eigenvalue weighted by Crippen LogP contribution is 2.36. The maximum Gasteiger partial charge on any atom is 0.573 e. The molecule has 0 saturated heterocycles. The van der Waals surface area contributed by atoms with Gasteiger partial charge in [-0.25, -0.2) is 4.98 Å². The molecule has 0 aliphatic carbocycles. The summed E-state index contributed by atoms with van der Waals surface area (Å²) in [7, 11) is 1.72. The summed E-state index contributed by atoms with van der Waals surface area (Å²) in [6, 6.07) is 20.2. The zero-order chi connectivity index (χ0) is 26.6. The van der Waals surface area contributed by atoms with Crippen LogP contribution >= 0.6 is 0 Å². The van der Waals surface area contributed by atoms with Gasteiger partial charge in [-0.05, 0) is 53.6 Å². The third kappa shape index (κ3) is 5.56. The molecule has 0 aliphatic heterocycles. The van der Waals surface area contributed by atoms with Gasteiger partial charge in [-0.15, -0.1) is 13.2 Å². The van der Waals surface area contributed by atoms with Gasteiger partial charge < -0.3 is 19.1 Å². The summed E-state index contributed by atoms with van der Waals surface area (Å²) in [4.78, 5) is 4.09. The number of rotatable bonds is 7. The van der Waals surface area contributed by atoms with Crippen molar-refractivity contribution >= 4 is 0 Å². The molecule has 186 valence electrons. The van der Waals surface area contributed by atoms with Gasteiger partial charge in [0, 0.05) is 12.6 Å². The Hall–Kier alpha value is -4.80. The molecular formula is C27H19F3N4O3. The van der Waals surface area contributed by atoms with Crippen LogP contribution in [0, 0.1) is 22.7 Å². The van der Waals surface area contributed by atoms with Crippen LogP contribution in [0.1, 0.15) is 22.4 Å². The first-order chi connectivity index (χ1) is 17.6. The topological polar surface area (TPSA) is 104 Å². The standard InChI is InChI=1S/C27H19F3N4O3/c1-34-17-33-15-25(34)26(35,21-7-2-18(13-31)3-8-21)16-36-24-11-4-19(14-32)12-23(24)20-5-9-22(10-6-20)37-27(28,29)30/h2-12,15,17,35H,16H2,1H3/t26-/m0/s1. The predicted molar refractivity (Wildman–Crippen MR) is 126 cm³/mol. The summed E-state index contributed by atoms with van der Waals surface area (Å²) >= 11 is 0. The molecule has 1 heterocycles. The SMILES string of the molecule is Cn1cncc1[C@](O)(COc1ccc(C#N)cc1-c1ccc(OC(F)(F)F)cc1)c1ccc(C#N)cc1. The molecule has 1 aromatic heterocycles. The van der Waals surface area contributed by atoms with E-state index in [1.807, 2.05) is 12.1 Å². The average Bonchev–Trinajstić information content (AvgIpc) is 3.33. The molecule has 0 spiro atoms. The Balaban J connectivity index is 1.70. The monoisotopic (exact) mass is 504 g/mol. The fourth-order valence-corrected chi connectivity index (χ4v) is 3.85. The Morgan fingerprint density at radius 1 is 0.946 bits per heavy atom. The van der Waals surface area contributed by atoms with E-state index in [1.165, 1.54) is 30.7 Å². The lowest BCUT2D eigenvalue weighted by Crippen LogP contribution is -2.36. The summed E-state index contributed by atoms with van der Waals surface area (Å²) < 4.78 is 49.3. The summed E-state index contributed by atoms with van der Waals surface area (Å²) in [5.41, 5.74) is 0.861. The van der Waals surface area contributed by atoms with Gasteiger partial charge in [-0.2, -0.15) is 10.5 Å². The Morgan fingerprint density at radius 2 is 1.59 bits per heavy atom. The molecule has 4 aromatic rings. The molecule has 1 atom stereocenters. The van der Waals surface area contributed by atoms with E-state index in [1.54, 1.807) is 48.0 Å². The predicted octanol–water partition coefficient (Wildman–Crippen LogP) is 5.04. The van der Waals surface area contributed by atoms with E-state index in [-0.39, 0.29) is 18.1 Å². The van der Waals surface area contributed by atoms with Crippen molar-refractivity contribution in [1.82, 2.24) is 9.55 Å². The molecule has 0 fully saturated rings. The molecule has 0 aliphatic rings. The number of imidazole rings is 1. The summed E-state index contributed by atoms with van der Waals surface area (Å²) in [6.45, 7) is -0.271. The van der Waals surface area contributed by atoms with E-state index < -0.39 is 12.0 Å². The van der Waals surface area contributed by atoms with Gasteiger partial charge in [0.15, 0.2) is 5.60 Å². The third-order valence-electron chi connectivity index (χ3n) is 5.68. The second kappa shape index (κ2) is 10.1. The zero-order valence-electron chi connectivity index (χ0n) is 19.4. The lowest BCUT2D eigenvalue weighted by Gasteiger charge is -2.29. The number of benzene rings is 3. The van der Waals surface area contributed by atoms with E-state index >= 15 is 0 Å². The first kappa shape index (κ1) is 25.3. The number of hydrogen-bond acceptors (Lipinski definition) is 6. The van der Waals surface area contributed by atoms with Crippen molar-refractivity contribution < 1.29 is 27.8 Å². The van der Waals surface area contributed by atoms with Crippen LogP contribution in [0.5, 0.6) is 11.5 Å². The highest BCUT2D eigenvalue weighted by atomic mass is 19.4.